The highest BCUT2D eigenvalue weighted by Crippen LogP contribution is 2.42. The number of fused-ring (bicyclic) bond motifs is 1. The largest absolute Gasteiger partial charge is 0.477 e. The number of imide groups is 1. The standard InChI is InChI=1S/C23H19NO4S2/c1-23(2,15-7-4-3-5-8-15)30-17-10-6-9-16(12-17)24-18(25)11-14-13-29-20(22(27)28)19(14)21(24)26/h3-10,12-13H,11H2,1-2H3,(H,27,28). The van der Waals surface area contributed by atoms with Crippen molar-refractivity contribution in [1.82, 2.24) is 0 Å². The van der Waals surface area contributed by atoms with Gasteiger partial charge in [-0.15, -0.1) is 23.1 Å². The van der Waals surface area contributed by atoms with E-state index in [0.717, 1.165) is 21.1 Å². The molecule has 0 radical (unpaired) electrons. The summed E-state index contributed by atoms with van der Waals surface area (Å²) < 4.78 is -0.215. The molecule has 2 amide bonds. The van der Waals surface area contributed by atoms with Crippen LogP contribution in [0.15, 0.2) is 64.9 Å². The number of carboxylic acids is 1. The molecule has 0 atom stereocenters. The lowest BCUT2D eigenvalue weighted by Crippen LogP contribution is -2.42. The second-order valence-corrected chi connectivity index (χ2v) is 10.0. The molecule has 0 fully saturated rings. The lowest BCUT2D eigenvalue weighted by atomic mass is 10.0. The van der Waals surface area contributed by atoms with E-state index in [4.69, 9.17) is 0 Å². The SMILES string of the molecule is CC(C)(Sc1cccc(N2C(=O)Cc3csc(C(=O)O)c3C2=O)c1)c1ccccc1. The van der Waals surface area contributed by atoms with Gasteiger partial charge in [-0.1, -0.05) is 36.4 Å². The first-order valence-corrected chi connectivity index (χ1v) is 11.0. The Morgan fingerprint density at radius 3 is 2.53 bits per heavy atom. The molecule has 4 rings (SSSR count). The van der Waals surface area contributed by atoms with Gasteiger partial charge in [0.2, 0.25) is 5.91 Å². The van der Waals surface area contributed by atoms with Gasteiger partial charge in [-0.2, -0.15) is 0 Å². The van der Waals surface area contributed by atoms with Crippen LogP contribution < -0.4 is 4.90 Å². The van der Waals surface area contributed by atoms with E-state index >= 15 is 0 Å². The lowest BCUT2D eigenvalue weighted by Gasteiger charge is -2.27. The molecule has 7 heteroatoms. The normalized spacial score (nSPS) is 14.0. The summed E-state index contributed by atoms with van der Waals surface area (Å²) in [6.45, 7) is 4.24. The van der Waals surface area contributed by atoms with E-state index in [9.17, 15) is 19.5 Å². The summed E-state index contributed by atoms with van der Waals surface area (Å²) in [6.07, 6.45) is 0.0116. The Kier molecular flexibility index (Phi) is 5.26. The molecule has 0 saturated carbocycles. The molecular weight excluding hydrogens is 418 g/mol. The van der Waals surface area contributed by atoms with E-state index in [2.05, 4.69) is 26.0 Å². The molecule has 0 bridgehead atoms. The van der Waals surface area contributed by atoms with Crippen molar-refractivity contribution in [3.8, 4) is 0 Å². The van der Waals surface area contributed by atoms with Crippen LogP contribution in [-0.4, -0.2) is 22.9 Å². The van der Waals surface area contributed by atoms with E-state index in [-0.39, 0.29) is 27.5 Å². The van der Waals surface area contributed by atoms with E-state index in [1.54, 1.807) is 29.3 Å². The molecule has 1 N–H and O–H groups in total. The fourth-order valence-electron chi connectivity index (χ4n) is 3.52. The third-order valence-corrected chi connectivity index (χ3v) is 7.24. The van der Waals surface area contributed by atoms with Crippen molar-refractivity contribution in [1.29, 1.82) is 0 Å². The maximum atomic E-state index is 13.1. The molecular formula is C23H19NO4S2. The van der Waals surface area contributed by atoms with Crippen LogP contribution in [0.25, 0.3) is 0 Å². The predicted octanol–water partition coefficient (Wildman–Crippen LogP) is 5.20. The molecule has 0 spiro atoms. The van der Waals surface area contributed by atoms with Crippen molar-refractivity contribution < 1.29 is 19.5 Å². The zero-order chi connectivity index (χ0) is 21.5. The number of carboxylic acid groups (broad SMARTS) is 1. The number of thioether (sulfide) groups is 1. The van der Waals surface area contributed by atoms with E-state index in [0.29, 0.717) is 11.3 Å². The Morgan fingerprint density at radius 2 is 1.83 bits per heavy atom. The van der Waals surface area contributed by atoms with Gasteiger partial charge in [0.15, 0.2) is 0 Å². The molecule has 2 heterocycles. The molecule has 1 aliphatic rings. The Balaban J connectivity index is 1.67. The Morgan fingerprint density at radius 1 is 1.10 bits per heavy atom. The number of aromatic carboxylic acids is 1. The fraction of sp³-hybridized carbons (Fsp3) is 0.174. The molecule has 0 unspecified atom stereocenters. The highest BCUT2D eigenvalue weighted by molar-refractivity contribution is 8.00. The zero-order valence-corrected chi connectivity index (χ0v) is 18.0. The Labute approximate surface area is 182 Å². The summed E-state index contributed by atoms with van der Waals surface area (Å²) in [6, 6.07) is 17.4. The van der Waals surface area contributed by atoms with Crippen LogP contribution in [-0.2, 0) is 16.0 Å². The first kappa shape index (κ1) is 20.4. The number of anilines is 1. The van der Waals surface area contributed by atoms with Gasteiger partial charge in [0.1, 0.15) is 4.88 Å². The van der Waals surface area contributed by atoms with Crippen molar-refractivity contribution in [2.75, 3.05) is 4.90 Å². The first-order chi connectivity index (χ1) is 14.3. The molecule has 1 aliphatic heterocycles. The van der Waals surface area contributed by atoms with Crippen molar-refractivity contribution in [3.05, 3.63) is 81.5 Å². The first-order valence-electron chi connectivity index (χ1n) is 9.33. The maximum absolute atomic E-state index is 13.1. The summed E-state index contributed by atoms with van der Waals surface area (Å²) in [5.74, 6) is -2.09. The third-order valence-electron chi connectivity index (χ3n) is 4.99. The number of carbonyl (C=O) groups is 3. The van der Waals surface area contributed by atoms with Gasteiger partial charge in [0.05, 0.1) is 17.7 Å². The minimum absolute atomic E-state index is 0.0116. The van der Waals surface area contributed by atoms with Crippen molar-refractivity contribution in [2.24, 2.45) is 0 Å². The van der Waals surface area contributed by atoms with Crippen LogP contribution in [0.3, 0.4) is 0 Å². The third kappa shape index (κ3) is 3.66. The second kappa shape index (κ2) is 7.74. The topological polar surface area (TPSA) is 74.7 Å². The summed E-state index contributed by atoms with van der Waals surface area (Å²) in [5.41, 5.74) is 2.22. The fourth-order valence-corrected chi connectivity index (χ4v) is 5.59. The summed E-state index contributed by atoms with van der Waals surface area (Å²) >= 11 is 2.62. The molecule has 2 aromatic carbocycles. The van der Waals surface area contributed by atoms with Crippen LogP contribution in [0.4, 0.5) is 5.69 Å². The Bertz CT molecular complexity index is 1150. The molecule has 1 aromatic heterocycles. The van der Waals surface area contributed by atoms with Crippen LogP contribution in [0.2, 0.25) is 0 Å². The average Bonchev–Trinajstić information content (AvgIpc) is 3.13. The van der Waals surface area contributed by atoms with E-state index in [1.807, 2.05) is 30.3 Å². The van der Waals surface area contributed by atoms with Crippen LogP contribution >= 0.6 is 23.1 Å². The van der Waals surface area contributed by atoms with Gasteiger partial charge in [-0.3, -0.25) is 9.59 Å². The number of benzene rings is 2. The van der Waals surface area contributed by atoms with Gasteiger partial charge in [-0.05, 0) is 48.6 Å². The van der Waals surface area contributed by atoms with Gasteiger partial charge < -0.3 is 5.11 Å². The highest BCUT2D eigenvalue weighted by Gasteiger charge is 2.37. The van der Waals surface area contributed by atoms with E-state index in [1.165, 1.54) is 5.56 Å². The number of rotatable bonds is 5. The van der Waals surface area contributed by atoms with Gasteiger partial charge in [-0.25, -0.2) is 9.69 Å². The van der Waals surface area contributed by atoms with Crippen molar-refractivity contribution >= 4 is 46.6 Å². The number of thiophene rings is 1. The molecule has 5 nitrogen and oxygen atoms in total. The van der Waals surface area contributed by atoms with Crippen LogP contribution in [0, 0.1) is 0 Å². The smallest absolute Gasteiger partial charge is 0.346 e. The maximum Gasteiger partial charge on any atom is 0.346 e. The summed E-state index contributed by atoms with van der Waals surface area (Å²) in [5, 5.41) is 11.0. The molecule has 3 aromatic rings. The van der Waals surface area contributed by atoms with Gasteiger partial charge in [0.25, 0.3) is 5.91 Å². The lowest BCUT2D eigenvalue weighted by molar-refractivity contribution is -0.117. The average molecular weight is 438 g/mol. The number of nitrogens with zero attached hydrogens (tertiary/aromatic N) is 1. The molecule has 0 saturated heterocycles. The van der Waals surface area contributed by atoms with Crippen LogP contribution in [0.1, 0.15) is 45.0 Å². The minimum Gasteiger partial charge on any atom is -0.477 e. The van der Waals surface area contributed by atoms with Gasteiger partial charge >= 0.3 is 5.97 Å². The number of hydrogen-bond acceptors (Lipinski definition) is 5. The highest BCUT2D eigenvalue weighted by atomic mass is 32.2. The molecule has 152 valence electrons. The summed E-state index contributed by atoms with van der Waals surface area (Å²) in [7, 11) is 0. The Hall–Kier alpha value is -2.90. The number of hydrogen-bond donors (Lipinski definition) is 1. The second-order valence-electron chi connectivity index (χ2n) is 7.46. The van der Waals surface area contributed by atoms with Crippen molar-refractivity contribution in [2.45, 2.75) is 29.9 Å². The quantitative estimate of drug-likeness (QED) is 0.438. The predicted molar refractivity (Wildman–Crippen MR) is 119 cm³/mol. The minimum atomic E-state index is -1.15. The molecule has 0 aliphatic carbocycles. The zero-order valence-electron chi connectivity index (χ0n) is 16.4. The monoisotopic (exact) mass is 437 g/mol. The number of carbonyl (C=O) groups excluding carboxylic acids is 2. The van der Waals surface area contributed by atoms with E-state index < -0.39 is 11.9 Å². The van der Waals surface area contributed by atoms with Crippen LogP contribution in [0.5, 0.6) is 0 Å². The summed E-state index contributed by atoms with van der Waals surface area (Å²) in [4.78, 5) is 39.3. The van der Waals surface area contributed by atoms with Crippen molar-refractivity contribution in [3.63, 3.8) is 0 Å². The van der Waals surface area contributed by atoms with Gasteiger partial charge in [0, 0.05) is 9.64 Å². The number of amides is 2. The molecule has 30 heavy (non-hydrogen) atoms.